The third kappa shape index (κ3) is 2.74. The first-order chi connectivity index (χ1) is 6.95. The number of rotatable bonds is 4. The Kier molecular flexibility index (Phi) is 3.41. The van der Waals surface area contributed by atoms with Crippen LogP contribution in [0.15, 0.2) is 24.3 Å². The fraction of sp³-hybridized carbons (Fsp3) is 0.500. The van der Waals surface area contributed by atoms with Gasteiger partial charge in [-0.05, 0) is 44.1 Å². The van der Waals surface area contributed by atoms with E-state index in [1.807, 2.05) is 18.2 Å². The van der Waals surface area contributed by atoms with E-state index in [4.69, 9.17) is 0 Å². The Bertz CT molecular complexity index is 252. The van der Waals surface area contributed by atoms with Crippen LogP contribution in [0.25, 0.3) is 0 Å². The number of hydrogen-bond acceptors (Lipinski definition) is 2. The summed E-state index contributed by atoms with van der Waals surface area (Å²) in [6.45, 7) is 4.76. The monoisotopic (exact) mass is 189 g/mol. The third-order valence-electron chi connectivity index (χ3n) is 2.66. The van der Waals surface area contributed by atoms with Gasteiger partial charge in [-0.15, -0.1) is 0 Å². The van der Waals surface area contributed by atoms with Crippen LogP contribution in [0.3, 0.4) is 0 Å². The molecule has 1 radical (unpaired) electrons. The summed E-state index contributed by atoms with van der Waals surface area (Å²) in [5.41, 5.74) is 1.17. The summed E-state index contributed by atoms with van der Waals surface area (Å²) >= 11 is 0. The molecule has 1 aromatic rings. The van der Waals surface area contributed by atoms with Crippen molar-refractivity contribution < 1.29 is 0 Å². The van der Waals surface area contributed by atoms with Crippen molar-refractivity contribution in [3.05, 3.63) is 30.3 Å². The lowest BCUT2D eigenvalue weighted by molar-refractivity contribution is 0.352. The van der Waals surface area contributed by atoms with Gasteiger partial charge >= 0.3 is 0 Å². The highest BCUT2D eigenvalue weighted by Gasteiger charge is 2.09. The molecule has 0 saturated carbocycles. The summed E-state index contributed by atoms with van der Waals surface area (Å²) in [6, 6.07) is 11.1. The van der Waals surface area contributed by atoms with Crippen LogP contribution >= 0.6 is 0 Å². The molecule has 0 unspecified atom stereocenters. The minimum absolute atomic E-state index is 1.04. The highest BCUT2D eigenvalue weighted by Crippen LogP contribution is 2.07. The molecule has 1 aromatic carbocycles. The van der Waals surface area contributed by atoms with E-state index in [0.717, 1.165) is 13.1 Å². The molecule has 2 rings (SSSR count). The van der Waals surface area contributed by atoms with Crippen LogP contribution in [0.1, 0.15) is 12.8 Å². The zero-order valence-electron chi connectivity index (χ0n) is 8.50. The Morgan fingerprint density at radius 3 is 2.93 bits per heavy atom. The zero-order valence-corrected chi connectivity index (χ0v) is 8.50. The van der Waals surface area contributed by atoms with Crippen LogP contribution in [0.2, 0.25) is 0 Å². The van der Waals surface area contributed by atoms with Crippen LogP contribution in [0.5, 0.6) is 0 Å². The second-order valence-electron chi connectivity index (χ2n) is 3.77. The Labute approximate surface area is 85.9 Å². The third-order valence-corrected chi connectivity index (χ3v) is 2.66. The molecule has 0 aromatic heterocycles. The molecule has 0 atom stereocenters. The Morgan fingerprint density at radius 1 is 1.36 bits per heavy atom. The molecule has 0 bridgehead atoms. The van der Waals surface area contributed by atoms with Crippen molar-refractivity contribution in [2.24, 2.45) is 0 Å². The van der Waals surface area contributed by atoms with Gasteiger partial charge in [-0.3, -0.25) is 0 Å². The molecule has 1 aliphatic heterocycles. The lowest BCUT2D eigenvalue weighted by Gasteiger charge is -2.15. The summed E-state index contributed by atoms with van der Waals surface area (Å²) in [5, 5.41) is 3.40. The molecule has 0 amide bonds. The second kappa shape index (κ2) is 5.01. The van der Waals surface area contributed by atoms with E-state index in [9.17, 15) is 0 Å². The highest BCUT2D eigenvalue weighted by molar-refractivity contribution is 5.41. The van der Waals surface area contributed by atoms with Crippen molar-refractivity contribution in [3.8, 4) is 0 Å². The molecular formula is C12H17N2. The summed E-state index contributed by atoms with van der Waals surface area (Å²) in [6.07, 6.45) is 2.75. The van der Waals surface area contributed by atoms with Gasteiger partial charge in [0.2, 0.25) is 0 Å². The van der Waals surface area contributed by atoms with Crippen LogP contribution in [0.4, 0.5) is 5.69 Å². The molecule has 1 aliphatic rings. The highest BCUT2D eigenvalue weighted by atomic mass is 15.1. The first-order valence-electron chi connectivity index (χ1n) is 5.37. The average molecular weight is 189 g/mol. The van der Waals surface area contributed by atoms with E-state index in [0.29, 0.717) is 0 Å². The molecule has 14 heavy (non-hydrogen) atoms. The van der Waals surface area contributed by atoms with Gasteiger partial charge in [0.1, 0.15) is 0 Å². The topological polar surface area (TPSA) is 15.3 Å². The van der Waals surface area contributed by atoms with Gasteiger partial charge in [0.05, 0.1) is 0 Å². The number of benzene rings is 1. The van der Waals surface area contributed by atoms with Gasteiger partial charge in [0.25, 0.3) is 0 Å². The van der Waals surface area contributed by atoms with Crippen molar-refractivity contribution in [1.29, 1.82) is 0 Å². The fourth-order valence-electron chi connectivity index (χ4n) is 1.87. The molecule has 1 heterocycles. The molecule has 75 valence electrons. The number of hydrogen-bond donors (Lipinski definition) is 1. The molecular weight excluding hydrogens is 172 g/mol. The summed E-state index contributed by atoms with van der Waals surface area (Å²) in [7, 11) is 0. The maximum Gasteiger partial charge on any atom is 0.0346 e. The van der Waals surface area contributed by atoms with Gasteiger partial charge in [0, 0.05) is 18.8 Å². The smallest absolute Gasteiger partial charge is 0.0346 e. The van der Waals surface area contributed by atoms with E-state index in [1.54, 1.807) is 0 Å². The molecule has 2 nitrogen and oxygen atoms in total. The fourth-order valence-corrected chi connectivity index (χ4v) is 1.87. The number of likely N-dealkylation sites (tertiary alicyclic amines) is 1. The number of nitrogens with zero attached hydrogens (tertiary/aromatic N) is 1. The van der Waals surface area contributed by atoms with Crippen LogP contribution in [0, 0.1) is 6.07 Å². The van der Waals surface area contributed by atoms with Gasteiger partial charge in [-0.25, -0.2) is 0 Å². The van der Waals surface area contributed by atoms with Crippen molar-refractivity contribution >= 4 is 5.69 Å². The van der Waals surface area contributed by atoms with E-state index < -0.39 is 0 Å². The maximum atomic E-state index is 3.40. The number of nitrogens with one attached hydrogen (secondary N) is 1. The molecule has 0 spiro atoms. The normalized spacial score (nSPS) is 17.1. The maximum absolute atomic E-state index is 3.40. The SMILES string of the molecule is [c]1cccc(NCCN2CCCC2)c1. The predicted octanol–water partition coefficient (Wildman–Crippen LogP) is 1.99. The van der Waals surface area contributed by atoms with Gasteiger partial charge < -0.3 is 10.2 Å². The standard InChI is InChI=1S/C12H17N2/c1-2-6-12(7-3-1)13-8-11-14-9-4-5-10-14/h1-2,6-7,13H,4-5,8-11H2. The Morgan fingerprint density at radius 2 is 2.21 bits per heavy atom. The van der Waals surface area contributed by atoms with Gasteiger partial charge in [0.15, 0.2) is 0 Å². The lowest BCUT2D eigenvalue weighted by atomic mass is 10.3. The van der Waals surface area contributed by atoms with E-state index >= 15 is 0 Å². The van der Waals surface area contributed by atoms with E-state index in [1.165, 1.54) is 31.6 Å². The van der Waals surface area contributed by atoms with Crippen LogP contribution in [-0.4, -0.2) is 31.1 Å². The first-order valence-corrected chi connectivity index (χ1v) is 5.37. The molecule has 1 saturated heterocycles. The van der Waals surface area contributed by atoms with Crippen LogP contribution in [-0.2, 0) is 0 Å². The predicted molar refractivity (Wildman–Crippen MR) is 59.4 cm³/mol. The van der Waals surface area contributed by atoms with Crippen LogP contribution < -0.4 is 5.32 Å². The molecule has 2 heteroatoms. The minimum atomic E-state index is 1.04. The molecule has 1 fully saturated rings. The van der Waals surface area contributed by atoms with E-state index in [-0.39, 0.29) is 0 Å². The van der Waals surface area contributed by atoms with Crippen molar-refractivity contribution in [1.82, 2.24) is 4.90 Å². The summed E-state index contributed by atoms with van der Waals surface area (Å²) in [5.74, 6) is 0. The summed E-state index contributed by atoms with van der Waals surface area (Å²) < 4.78 is 0. The lowest BCUT2D eigenvalue weighted by Crippen LogP contribution is -2.25. The Hall–Kier alpha value is -1.02. The zero-order chi connectivity index (χ0) is 9.64. The minimum Gasteiger partial charge on any atom is -0.384 e. The number of anilines is 1. The quantitative estimate of drug-likeness (QED) is 0.779. The van der Waals surface area contributed by atoms with Crippen molar-refractivity contribution in [2.75, 3.05) is 31.5 Å². The van der Waals surface area contributed by atoms with Crippen molar-refractivity contribution in [2.45, 2.75) is 12.8 Å². The van der Waals surface area contributed by atoms with Crippen molar-refractivity contribution in [3.63, 3.8) is 0 Å². The molecule has 0 aliphatic carbocycles. The Balaban J connectivity index is 1.67. The van der Waals surface area contributed by atoms with E-state index in [2.05, 4.69) is 22.3 Å². The molecule has 1 N–H and O–H groups in total. The first kappa shape index (κ1) is 9.53. The summed E-state index contributed by atoms with van der Waals surface area (Å²) in [4.78, 5) is 2.51. The van der Waals surface area contributed by atoms with Gasteiger partial charge in [-0.1, -0.05) is 12.1 Å². The van der Waals surface area contributed by atoms with Gasteiger partial charge in [-0.2, -0.15) is 0 Å². The largest absolute Gasteiger partial charge is 0.384 e. The second-order valence-corrected chi connectivity index (χ2v) is 3.77. The average Bonchev–Trinajstić information content (AvgIpc) is 2.72.